The van der Waals surface area contributed by atoms with Gasteiger partial charge in [-0.05, 0) is 110 Å². The average Bonchev–Trinajstić information content (AvgIpc) is 4.27. The van der Waals surface area contributed by atoms with Crippen molar-refractivity contribution in [3.05, 3.63) is 29.8 Å². The smallest absolute Gasteiger partial charge is 0.410 e. The number of amides is 9. The van der Waals surface area contributed by atoms with Crippen LogP contribution in [-0.4, -0.2) is 121 Å². The van der Waals surface area contributed by atoms with Crippen LogP contribution in [-0.2, 0) is 40.1 Å². The van der Waals surface area contributed by atoms with Gasteiger partial charge in [-0.1, -0.05) is 106 Å². The summed E-state index contributed by atoms with van der Waals surface area (Å²) in [7, 11) is 2.89. The molecule has 8 N–H and O–H groups in total. The van der Waals surface area contributed by atoms with Crippen molar-refractivity contribution in [3.8, 4) is 0 Å². The van der Waals surface area contributed by atoms with E-state index in [-0.39, 0.29) is 98.4 Å². The van der Waals surface area contributed by atoms with Gasteiger partial charge < -0.3 is 37.1 Å². The summed E-state index contributed by atoms with van der Waals surface area (Å²) in [5, 5.41) is 15.6. The first-order valence-corrected chi connectivity index (χ1v) is 28.2. The summed E-state index contributed by atoms with van der Waals surface area (Å²) in [6.07, 6.45) is 6.15. The Balaban J connectivity index is 1.35. The number of nitrogens with two attached hydrogens (primary N) is 1. The molecule has 1 saturated heterocycles. The molecular formula is C56H90F3N9O9. The minimum absolute atomic E-state index is 0.0181. The number of halogens is 3. The molecule has 4 rings (SSSR count). The fourth-order valence-electron chi connectivity index (χ4n) is 11.8. The Bertz CT molecular complexity index is 2130. The normalized spacial score (nSPS) is 19.2. The van der Waals surface area contributed by atoms with Gasteiger partial charge in [0.05, 0.1) is 12.0 Å². The summed E-state index contributed by atoms with van der Waals surface area (Å²) in [5.74, 6) is -3.39. The van der Waals surface area contributed by atoms with E-state index in [1.807, 2.05) is 0 Å². The number of unbranched alkanes of at least 4 members (excludes halogenated alkanes) is 2. The molecule has 1 aliphatic heterocycles. The first-order chi connectivity index (χ1) is 36.4. The molecule has 77 heavy (non-hydrogen) atoms. The minimum Gasteiger partial charge on any atom is -0.445 e. The SMILES string of the molecule is CCCC(C1CCCCCC1)(C1CC1)C1CC(=O)N(CCCCCC(NC(C(=O)N[C@@H](CCCNC(N)=O)C(=O)Nc2ccc(COC(=O)N(C)[C@H](C(=O)N[C@H](C(=O)NC)C(C)C)C(C)C)cc2)C(C)C)C(F)(F)F)C1=O. The number of alkyl halides is 3. The van der Waals surface area contributed by atoms with Crippen LogP contribution in [0.15, 0.2) is 24.3 Å². The van der Waals surface area contributed by atoms with Crippen molar-refractivity contribution < 1.29 is 56.3 Å². The van der Waals surface area contributed by atoms with Crippen LogP contribution in [0.3, 0.4) is 0 Å². The molecule has 9 amide bonds. The number of hydrogen-bond acceptors (Lipinski definition) is 10. The van der Waals surface area contributed by atoms with Crippen LogP contribution < -0.4 is 37.6 Å². The molecule has 3 fully saturated rings. The fourth-order valence-corrected chi connectivity index (χ4v) is 11.8. The number of primary amides is 1. The van der Waals surface area contributed by atoms with Gasteiger partial charge in [-0.3, -0.25) is 43.9 Å². The number of nitrogens with zero attached hydrogens (tertiary/aromatic N) is 2. The number of likely N-dealkylation sites (N-methyl/N-ethyl adjacent to an activating group) is 2. The third kappa shape index (κ3) is 18.3. The molecule has 1 aromatic rings. The van der Waals surface area contributed by atoms with Crippen molar-refractivity contribution in [1.29, 1.82) is 0 Å². The van der Waals surface area contributed by atoms with E-state index in [0.29, 0.717) is 30.2 Å². The van der Waals surface area contributed by atoms with Crippen LogP contribution in [0.2, 0.25) is 0 Å². The fraction of sp³-hybridized carbons (Fsp3) is 0.750. The maximum atomic E-state index is 14.7. The number of likely N-dealkylation sites (tertiary alicyclic amines) is 1. The molecule has 1 aromatic carbocycles. The maximum absolute atomic E-state index is 14.7. The average molecular weight is 1090 g/mol. The van der Waals surface area contributed by atoms with Crippen LogP contribution in [0.5, 0.6) is 0 Å². The zero-order valence-electron chi connectivity index (χ0n) is 47.1. The predicted octanol–water partition coefficient (Wildman–Crippen LogP) is 7.69. The van der Waals surface area contributed by atoms with E-state index in [1.165, 1.54) is 44.0 Å². The Morgan fingerprint density at radius 3 is 1.94 bits per heavy atom. The lowest BCUT2D eigenvalue weighted by atomic mass is 9.58. The van der Waals surface area contributed by atoms with E-state index in [4.69, 9.17) is 10.5 Å². The molecule has 2 saturated carbocycles. The molecule has 21 heteroatoms. The van der Waals surface area contributed by atoms with Gasteiger partial charge >= 0.3 is 18.3 Å². The van der Waals surface area contributed by atoms with E-state index in [9.17, 15) is 51.5 Å². The van der Waals surface area contributed by atoms with Gasteiger partial charge in [-0.15, -0.1) is 0 Å². The molecule has 7 atom stereocenters. The summed E-state index contributed by atoms with van der Waals surface area (Å²) >= 11 is 0. The molecule has 0 aromatic heterocycles. The van der Waals surface area contributed by atoms with Gasteiger partial charge in [-0.2, -0.15) is 13.2 Å². The van der Waals surface area contributed by atoms with Crippen molar-refractivity contribution >= 4 is 53.3 Å². The number of hydrogen-bond donors (Lipinski definition) is 7. The number of benzene rings is 1. The highest BCUT2D eigenvalue weighted by Gasteiger charge is 2.59. The first-order valence-electron chi connectivity index (χ1n) is 28.2. The van der Waals surface area contributed by atoms with Gasteiger partial charge in [-0.25, -0.2) is 9.59 Å². The zero-order chi connectivity index (χ0) is 57.2. The molecule has 18 nitrogen and oxygen atoms in total. The summed E-state index contributed by atoms with van der Waals surface area (Å²) in [4.78, 5) is 108. The number of ether oxygens (including phenoxy) is 1. The first kappa shape index (κ1) is 64.1. The number of carbonyl (C=O) groups excluding carboxylic acids is 8. The van der Waals surface area contributed by atoms with Crippen LogP contribution in [0, 0.1) is 40.9 Å². The van der Waals surface area contributed by atoms with Crippen molar-refractivity contribution in [2.24, 2.45) is 46.7 Å². The summed E-state index contributed by atoms with van der Waals surface area (Å²) in [6, 6.07) is -1.04. The van der Waals surface area contributed by atoms with Crippen molar-refractivity contribution in [2.45, 2.75) is 201 Å². The van der Waals surface area contributed by atoms with E-state index >= 15 is 0 Å². The van der Waals surface area contributed by atoms with Gasteiger partial charge in [0.25, 0.3) is 0 Å². The quantitative estimate of drug-likeness (QED) is 0.0225. The molecule has 4 unspecified atom stereocenters. The maximum Gasteiger partial charge on any atom is 0.410 e. The van der Waals surface area contributed by atoms with Crippen molar-refractivity contribution in [1.82, 2.24) is 36.4 Å². The lowest BCUT2D eigenvalue weighted by Gasteiger charge is -2.45. The largest absolute Gasteiger partial charge is 0.445 e. The Hall–Kier alpha value is -5.47. The molecule has 0 radical (unpaired) electrons. The highest BCUT2D eigenvalue weighted by Crippen LogP contribution is 2.62. The third-order valence-corrected chi connectivity index (χ3v) is 15.9. The summed E-state index contributed by atoms with van der Waals surface area (Å²) in [6.45, 7) is 12.4. The van der Waals surface area contributed by atoms with E-state index < -0.39 is 72.1 Å². The molecule has 1 heterocycles. The second-order valence-electron chi connectivity index (χ2n) is 22.7. The summed E-state index contributed by atoms with van der Waals surface area (Å²) < 4.78 is 49.7. The second kappa shape index (κ2) is 30.0. The lowest BCUT2D eigenvalue weighted by molar-refractivity contribution is -0.161. The number of anilines is 1. The number of imide groups is 1. The van der Waals surface area contributed by atoms with Gasteiger partial charge in [0.2, 0.25) is 35.4 Å². The van der Waals surface area contributed by atoms with Gasteiger partial charge in [0, 0.05) is 39.3 Å². The van der Waals surface area contributed by atoms with E-state index in [2.05, 4.69) is 38.8 Å². The topological polar surface area (TPSA) is 250 Å². The van der Waals surface area contributed by atoms with Crippen molar-refractivity contribution in [3.63, 3.8) is 0 Å². The second-order valence-corrected chi connectivity index (χ2v) is 22.7. The molecule has 0 bridgehead atoms. The molecule has 2 aliphatic carbocycles. The highest BCUT2D eigenvalue weighted by molar-refractivity contribution is 6.04. The van der Waals surface area contributed by atoms with Gasteiger partial charge in [0.15, 0.2) is 0 Å². The zero-order valence-corrected chi connectivity index (χ0v) is 47.1. The molecular weight excluding hydrogens is 1000 g/mol. The Labute approximate surface area is 454 Å². The molecule has 3 aliphatic rings. The minimum atomic E-state index is -4.73. The Morgan fingerprint density at radius 1 is 0.766 bits per heavy atom. The number of urea groups is 1. The van der Waals surface area contributed by atoms with E-state index in [0.717, 1.165) is 56.3 Å². The highest BCUT2D eigenvalue weighted by atomic mass is 19.4. The number of rotatable bonds is 30. The lowest BCUT2D eigenvalue weighted by Crippen LogP contribution is -2.58. The third-order valence-electron chi connectivity index (χ3n) is 15.9. The van der Waals surface area contributed by atoms with E-state index in [1.54, 1.807) is 53.7 Å². The Morgan fingerprint density at radius 2 is 1.39 bits per heavy atom. The number of carbonyl (C=O) groups is 8. The summed E-state index contributed by atoms with van der Waals surface area (Å²) in [5.41, 5.74) is 5.85. The van der Waals surface area contributed by atoms with Crippen molar-refractivity contribution in [2.75, 3.05) is 32.5 Å². The van der Waals surface area contributed by atoms with Crippen LogP contribution in [0.4, 0.5) is 28.4 Å². The van der Waals surface area contributed by atoms with Crippen LogP contribution in [0.25, 0.3) is 0 Å². The monoisotopic (exact) mass is 1090 g/mol. The Kier molecular flexibility index (Phi) is 25.0. The molecule has 0 spiro atoms. The number of nitrogens with one attached hydrogen (secondary N) is 6. The predicted molar refractivity (Wildman–Crippen MR) is 287 cm³/mol. The van der Waals surface area contributed by atoms with Crippen LogP contribution in [0.1, 0.15) is 163 Å². The van der Waals surface area contributed by atoms with Crippen LogP contribution >= 0.6 is 0 Å². The van der Waals surface area contributed by atoms with Gasteiger partial charge in [0.1, 0.15) is 30.8 Å². The molecule has 434 valence electrons. The standard InChI is InChI=1S/C56H90F3N9O9/c1-10-29-55(39-25-26-39,38-19-14-11-12-15-20-38)41-32-44(69)68(52(41)74)31-17-13-16-22-43(56(57,58)59)65-46(35(4)5)50(72)64-42(21-18-30-62-53(60)75)48(70)63-40-27-23-37(24-28-40)33-77-54(76)67(9)47(36(6)7)51(73)66-45(34(2)3)49(71)61-8/h23-24,27-28,34-36,38-39,41-43,45-47,65H,10-22,25-26,29-33H2,1-9H3,(H,61,71)(H,63,70)(H,64,72)(H,66,73)(H3,60,62,75)/t41?,42-,43?,45-,46?,47-,55?/m0/s1.